The number of nitro benzene ring substituents is 1. The van der Waals surface area contributed by atoms with Gasteiger partial charge in [-0.2, -0.15) is 0 Å². The van der Waals surface area contributed by atoms with Crippen LogP contribution in [0, 0.1) is 10.1 Å². The number of aliphatic hydroxyl groups is 2. The van der Waals surface area contributed by atoms with Gasteiger partial charge < -0.3 is 20.0 Å². The van der Waals surface area contributed by atoms with E-state index in [1.54, 1.807) is 0 Å². The van der Waals surface area contributed by atoms with Gasteiger partial charge >= 0.3 is 7.60 Å². The summed E-state index contributed by atoms with van der Waals surface area (Å²) in [4.78, 5) is 27.6. The molecule has 0 spiro atoms. The van der Waals surface area contributed by atoms with Crippen molar-refractivity contribution in [3.63, 3.8) is 0 Å². The van der Waals surface area contributed by atoms with Crippen LogP contribution in [0.3, 0.4) is 0 Å². The molecular formula is C11H16ClN2O7P. The fraction of sp³-hybridized carbons (Fsp3) is 0.455. The molecule has 22 heavy (non-hydrogen) atoms. The van der Waals surface area contributed by atoms with E-state index in [0.717, 1.165) is 0 Å². The first-order chi connectivity index (χ1) is 10.1. The fourth-order valence-electron chi connectivity index (χ4n) is 1.76. The molecule has 3 unspecified atom stereocenters. The molecule has 0 fully saturated rings. The monoisotopic (exact) mass is 354 g/mol. The third-order valence-electron chi connectivity index (χ3n) is 2.82. The minimum absolute atomic E-state index is 0.152. The van der Waals surface area contributed by atoms with Crippen molar-refractivity contribution in [3.05, 3.63) is 39.9 Å². The molecule has 0 heterocycles. The Morgan fingerprint density at radius 3 is 2.27 bits per heavy atom. The zero-order valence-corrected chi connectivity index (χ0v) is 12.9. The Hall–Kier alpha value is -1.06. The number of non-ortho nitro benzene ring substituents is 1. The number of hydrogen-bond donors (Lipinski definition) is 5. The van der Waals surface area contributed by atoms with E-state index in [1.807, 2.05) is 0 Å². The Kier molecular flexibility index (Phi) is 6.89. The van der Waals surface area contributed by atoms with Crippen LogP contribution >= 0.6 is 19.2 Å². The van der Waals surface area contributed by atoms with Crippen molar-refractivity contribution in [2.75, 3.05) is 12.8 Å². The van der Waals surface area contributed by atoms with Gasteiger partial charge in [0.15, 0.2) is 0 Å². The summed E-state index contributed by atoms with van der Waals surface area (Å²) in [5, 5.41) is 32.4. The van der Waals surface area contributed by atoms with Crippen LogP contribution in [0.15, 0.2) is 24.3 Å². The smallest absolute Gasteiger partial charge is 0.328 e. The van der Waals surface area contributed by atoms with Crippen molar-refractivity contribution >= 4 is 24.9 Å². The Morgan fingerprint density at radius 2 is 1.86 bits per heavy atom. The topological polar surface area (TPSA) is 153 Å². The van der Waals surface area contributed by atoms with E-state index in [1.165, 1.54) is 24.3 Å². The average Bonchev–Trinajstić information content (AvgIpc) is 2.42. The van der Waals surface area contributed by atoms with E-state index in [2.05, 4.69) is 5.32 Å². The molecule has 1 aromatic carbocycles. The van der Waals surface area contributed by atoms with Crippen molar-refractivity contribution in [3.8, 4) is 0 Å². The second-order valence-electron chi connectivity index (χ2n) is 4.56. The Balaban J connectivity index is 2.77. The van der Waals surface area contributed by atoms with Gasteiger partial charge in [-0.1, -0.05) is 0 Å². The minimum Gasteiger partial charge on any atom is -0.395 e. The van der Waals surface area contributed by atoms with Crippen LogP contribution in [0.4, 0.5) is 5.69 Å². The fourth-order valence-corrected chi connectivity index (χ4v) is 2.99. The summed E-state index contributed by atoms with van der Waals surface area (Å²) >= 11 is 5.72. The van der Waals surface area contributed by atoms with Gasteiger partial charge in [0, 0.05) is 12.1 Å². The molecule has 0 aliphatic heterocycles. The number of rotatable bonds is 8. The normalized spacial score (nSPS) is 16.0. The van der Waals surface area contributed by atoms with Crippen LogP contribution in [0.5, 0.6) is 0 Å². The summed E-state index contributed by atoms with van der Waals surface area (Å²) in [6.07, 6.45) is -1.93. The lowest BCUT2D eigenvalue weighted by atomic mass is 10.0. The van der Waals surface area contributed by atoms with Crippen LogP contribution in [-0.2, 0) is 4.57 Å². The predicted octanol–water partition coefficient (Wildman–Crippen LogP) is 0.321. The number of alkyl halides is 1. The van der Waals surface area contributed by atoms with Crippen molar-refractivity contribution in [2.45, 2.75) is 17.6 Å². The summed E-state index contributed by atoms with van der Waals surface area (Å²) in [6, 6.07) is 4.04. The quantitative estimate of drug-likeness (QED) is 0.147. The lowest BCUT2D eigenvalue weighted by molar-refractivity contribution is -0.384. The molecule has 9 nitrogen and oxygen atoms in total. The SMILES string of the molecule is O=[N+]([O-])c1ccc(C(O)C(CO)NC(Cl)CP(=O)(O)O)cc1. The second kappa shape index (κ2) is 7.98. The molecule has 0 aliphatic carbocycles. The maximum atomic E-state index is 10.8. The first-order valence-electron chi connectivity index (χ1n) is 6.12. The van der Waals surface area contributed by atoms with E-state index < -0.39 is 42.9 Å². The number of nitrogens with zero attached hydrogens (tertiary/aromatic N) is 1. The zero-order valence-electron chi connectivity index (χ0n) is 11.2. The van der Waals surface area contributed by atoms with E-state index in [9.17, 15) is 24.9 Å². The molecule has 0 amide bonds. The predicted molar refractivity (Wildman–Crippen MR) is 78.6 cm³/mol. The summed E-state index contributed by atoms with van der Waals surface area (Å²) in [6.45, 7) is -0.553. The third-order valence-corrected chi connectivity index (χ3v) is 4.15. The summed E-state index contributed by atoms with van der Waals surface area (Å²) < 4.78 is 10.8. The lowest BCUT2D eigenvalue weighted by Crippen LogP contribution is -2.43. The molecule has 0 aliphatic rings. The molecule has 0 saturated heterocycles. The number of benzene rings is 1. The van der Waals surface area contributed by atoms with E-state index in [4.69, 9.17) is 21.4 Å². The molecule has 0 bridgehead atoms. The first kappa shape index (κ1) is 19.0. The van der Waals surface area contributed by atoms with Crippen LogP contribution in [0.2, 0.25) is 0 Å². The summed E-state index contributed by atoms with van der Waals surface area (Å²) in [5.74, 6) is 0. The molecule has 124 valence electrons. The molecule has 11 heteroatoms. The first-order valence-corrected chi connectivity index (χ1v) is 8.35. The van der Waals surface area contributed by atoms with Crippen LogP contribution in [0.25, 0.3) is 0 Å². The number of aliphatic hydroxyl groups excluding tert-OH is 2. The highest BCUT2D eigenvalue weighted by Crippen LogP contribution is 2.36. The standard InChI is InChI=1S/C11H16ClN2O7P/c12-10(6-22(19,20)21)13-9(5-15)11(16)7-1-3-8(4-2-7)14(17)18/h1-4,9-11,13,15-16H,5-6H2,(H2,19,20,21). The number of halogens is 1. The number of nitrogens with one attached hydrogen (secondary N) is 1. The minimum atomic E-state index is -4.34. The van der Waals surface area contributed by atoms with Crippen LogP contribution in [-0.4, -0.2) is 49.2 Å². The van der Waals surface area contributed by atoms with E-state index in [-0.39, 0.29) is 11.3 Å². The second-order valence-corrected chi connectivity index (χ2v) is 6.79. The molecule has 1 rings (SSSR count). The van der Waals surface area contributed by atoms with Gasteiger partial charge in [0.1, 0.15) is 0 Å². The molecule has 0 radical (unpaired) electrons. The molecule has 5 N–H and O–H groups in total. The molecular weight excluding hydrogens is 339 g/mol. The van der Waals surface area contributed by atoms with Gasteiger partial charge in [0.25, 0.3) is 5.69 Å². The molecule has 1 aromatic rings. The zero-order chi connectivity index (χ0) is 16.9. The highest BCUT2D eigenvalue weighted by atomic mass is 35.5. The van der Waals surface area contributed by atoms with Gasteiger partial charge in [-0.25, -0.2) is 0 Å². The molecule has 0 saturated carbocycles. The largest absolute Gasteiger partial charge is 0.395 e. The van der Waals surface area contributed by atoms with Gasteiger partial charge in [-0.15, -0.1) is 11.6 Å². The Bertz CT molecular complexity index is 550. The maximum Gasteiger partial charge on any atom is 0.328 e. The van der Waals surface area contributed by atoms with Crippen molar-refractivity contribution < 1.29 is 29.5 Å². The number of hydrogen-bond acceptors (Lipinski definition) is 6. The average molecular weight is 355 g/mol. The maximum absolute atomic E-state index is 10.8. The van der Waals surface area contributed by atoms with Gasteiger partial charge in [0.2, 0.25) is 0 Å². The van der Waals surface area contributed by atoms with Gasteiger partial charge in [-0.3, -0.25) is 20.0 Å². The lowest BCUT2D eigenvalue weighted by Gasteiger charge is -2.25. The van der Waals surface area contributed by atoms with Crippen molar-refractivity contribution in [2.24, 2.45) is 0 Å². The summed E-state index contributed by atoms with van der Waals surface area (Å²) in [7, 11) is -4.34. The highest BCUT2D eigenvalue weighted by molar-refractivity contribution is 7.51. The van der Waals surface area contributed by atoms with Crippen molar-refractivity contribution in [1.82, 2.24) is 5.32 Å². The van der Waals surface area contributed by atoms with Crippen LogP contribution < -0.4 is 5.32 Å². The van der Waals surface area contributed by atoms with Crippen molar-refractivity contribution in [1.29, 1.82) is 0 Å². The highest BCUT2D eigenvalue weighted by Gasteiger charge is 2.26. The molecule has 0 aromatic heterocycles. The van der Waals surface area contributed by atoms with E-state index in [0.29, 0.717) is 0 Å². The molecule has 3 atom stereocenters. The van der Waals surface area contributed by atoms with E-state index >= 15 is 0 Å². The summed E-state index contributed by atoms with van der Waals surface area (Å²) in [5.41, 5.74) is -1.02. The Morgan fingerprint density at radius 1 is 1.32 bits per heavy atom. The Labute approximate surface area is 130 Å². The number of nitro groups is 1. The van der Waals surface area contributed by atoms with Crippen LogP contribution in [0.1, 0.15) is 11.7 Å². The van der Waals surface area contributed by atoms with Gasteiger partial charge in [-0.05, 0) is 17.7 Å². The van der Waals surface area contributed by atoms with Gasteiger partial charge in [0.05, 0.1) is 35.3 Å². The third kappa shape index (κ3) is 5.98.